The van der Waals surface area contributed by atoms with Gasteiger partial charge in [-0.1, -0.05) is 11.6 Å². The number of hydrogen-bond donors (Lipinski definition) is 2. The van der Waals surface area contributed by atoms with Gasteiger partial charge in [-0.15, -0.1) is 11.3 Å². The predicted molar refractivity (Wildman–Crippen MR) is 77.6 cm³/mol. The second kappa shape index (κ2) is 6.38. The van der Waals surface area contributed by atoms with E-state index in [1.54, 1.807) is 0 Å². The molecule has 0 saturated heterocycles. The van der Waals surface area contributed by atoms with Crippen LogP contribution in [0, 0.1) is 5.82 Å². The van der Waals surface area contributed by atoms with Gasteiger partial charge >= 0.3 is 5.97 Å². The lowest BCUT2D eigenvalue weighted by molar-refractivity contribution is -0.140. The van der Waals surface area contributed by atoms with E-state index < -0.39 is 23.7 Å². The minimum absolute atomic E-state index is 0.139. The number of benzene rings is 1. The van der Waals surface area contributed by atoms with Crippen LogP contribution in [0.15, 0.2) is 18.2 Å². The molecule has 5 nitrogen and oxygen atoms in total. The number of hydrogen-bond acceptors (Lipinski definition) is 4. The highest BCUT2D eigenvalue weighted by molar-refractivity contribution is 7.21. The molecule has 0 radical (unpaired) electrons. The maximum atomic E-state index is 13.2. The Morgan fingerprint density at radius 1 is 1.52 bits per heavy atom. The zero-order chi connectivity index (χ0) is 15.6. The summed E-state index contributed by atoms with van der Waals surface area (Å²) in [5.74, 6) is -2.28. The van der Waals surface area contributed by atoms with Crippen LogP contribution in [0.3, 0.4) is 0 Å². The van der Waals surface area contributed by atoms with Gasteiger partial charge in [0.15, 0.2) is 6.04 Å². The van der Waals surface area contributed by atoms with Crippen LogP contribution in [-0.4, -0.2) is 36.7 Å². The molecule has 1 amide bonds. The second-order valence-corrected chi connectivity index (χ2v) is 5.64. The van der Waals surface area contributed by atoms with E-state index in [1.807, 2.05) is 0 Å². The Balaban J connectivity index is 2.30. The summed E-state index contributed by atoms with van der Waals surface area (Å²) < 4.78 is 18.4. The lowest BCUT2D eigenvalue weighted by atomic mass is 10.2. The first-order valence-corrected chi connectivity index (χ1v) is 7.03. The summed E-state index contributed by atoms with van der Waals surface area (Å²) in [6.45, 7) is -0.168. The number of carboxylic acid groups (broad SMARTS) is 1. The normalized spacial score (nSPS) is 12.3. The summed E-state index contributed by atoms with van der Waals surface area (Å²) in [6.07, 6.45) is 0. The molecule has 8 heteroatoms. The fourth-order valence-electron chi connectivity index (χ4n) is 1.75. The Hall–Kier alpha value is -1.70. The largest absolute Gasteiger partial charge is 0.480 e. The predicted octanol–water partition coefficient (Wildman–Crippen LogP) is 2.52. The molecule has 0 saturated carbocycles. The van der Waals surface area contributed by atoms with Crippen molar-refractivity contribution in [2.24, 2.45) is 0 Å². The molecule has 0 aliphatic heterocycles. The SMILES string of the molecule is COCC(NC(=O)c1sc2cc(F)ccc2c1Cl)C(=O)O. The van der Waals surface area contributed by atoms with Crippen LogP contribution >= 0.6 is 22.9 Å². The van der Waals surface area contributed by atoms with E-state index in [0.717, 1.165) is 11.3 Å². The van der Waals surface area contributed by atoms with Crippen LogP contribution in [0.2, 0.25) is 5.02 Å². The Bertz CT molecular complexity index is 703. The van der Waals surface area contributed by atoms with Gasteiger partial charge in [0.1, 0.15) is 10.7 Å². The molecular weight excluding hydrogens is 321 g/mol. The Morgan fingerprint density at radius 2 is 2.24 bits per heavy atom. The van der Waals surface area contributed by atoms with Crippen molar-refractivity contribution in [2.45, 2.75) is 6.04 Å². The molecule has 0 fully saturated rings. The minimum atomic E-state index is -1.21. The van der Waals surface area contributed by atoms with Gasteiger partial charge < -0.3 is 15.2 Å². The highest BCUT2D eigenvalue weighted by Crippen LogP contribution is 2.35. The van der Waals surface area contributed by atoms with E-state index in [-0.39, 0.29) is 16.5 Å². The van der Waals surface area contributed by atoms with Gasteiger partial charge in [0.2, 0.25) is 0 Å². The quantitative estimate of drug-likeness (QED) is 0.882. The molecule has 112 valence electrons. The molecule has 1 unspecified atom stereocenters. The van der Waals surface area contributed by atoms with Crippen molar-refractivity contribution in [2.75, 3.05) is 13.7 Å². The first-order chi connectivity index (χ1) is 9.93. The molecule has 2 N–H and O–H groups in total. The molecule has 0 bridgehead atoms. The lowest BCUT2D eigenvalue weighted by Crippen LogP contribution is -2.43. The Kier molecular flexibility index (Phi) is 4.76. The smallest absolute Gasteiger partial charge is 0.328 e. The average molecular weight is 332 g/mol. The van der Waals surface area contributed by atoms with Crippen molar-refractivity contribution in [3.8, 4) is 0 Å². The molecule has 1 heterocycles. The molecular formula is C13H11ClFNO4S. The fraction of sp³-hybridized carbons (Fsp3) is 0.231. The van der Waals surface area contributed by atoms with Crippen LogP contribution in [0.5, 0.6) is 0 Å². The number of amides is 1. The molecule has 2 aromatic rings. The van der Waals surface area contributed by atoms with Gasteiger partial charge in [0.05, 0.1) is 11.6 Å². The van der Waals surface area contributed by atoms with Crippen LogP contribution in [-0.2, 0) is 9.53 Å². The maximum absolute atomic E-state index is 13.2. The van der Waals surface area contributed by atoms with Gasteiger partial charge in [-0.25, -0.2) is 9.18 Å². The number of nitrogens with one attached hydrogen (secondary N) is 1. The topological polar surface area (TPSA) is 75.6 Å². The average Bonchev–Trinajstić information content (AvgIpc) is 2.74. The molecule has 0 aliphatic rings. The summed E-state index contributed by atoms with van der Waals surface area (Å²) in [6, 6.07) is 2.81. The highest BCUT2D eigenvalue weighted by Gasteiger charge is 2.24. The number of rotatable bonds is 5. The van der Waals surface area contributed by atoms with Crippen LogP contribution in [0.4, 0.5) is 4.39 Å². The van der Waals surface area contributed by atoms with Gasteiger partial charge in [0, 0.05) is 17.2 Å². The van der Waals surface area contributed by atoms with Crippen molar-refractivity contribution >= 4 is 44.9 Å². The summed E-state index contributed by atoms with van der Waals surface area (Å²) in [7, 11) is 1.33. The molecule has 0 spiro atoms. The van der Waals surface area contributed by atoms with Crippen molar-refractivity contribution in [1.29, 1.82) is 0 Å². The van der Waals surface area contributed by atoms with Gasteiger partial charge in [-0.3, -0.25) is 4.79 Å². The van der Waals surface area contributed by atoms with Crippen LogP contribution < -0.4 is 5.32 Å². The van der Waals surface area contributed by atoms with Gasteiger partial charge in [-0.2, -0.15) is 0 Å². The van der Waals surface area contributed by atoms with Gasteiger partial charge in [0.25, 0.3) is 5.91 Å². The van der Waals surface area contributed by atoms with E-state index in [2.05, 4.69) is 5.32 Å². The fourth-order valence-corrected chi connectivity index (χ4v) is 3.20. The number of carbonyl (C=O) groups is 2. The Morgan fingerprint density at radius 3 is 2.86 bits per heavy atom. The van der Waals surface area contributed by atoms with Crippen molar-refractivity contribution in [3.63, 3.8) is 0 Å². The summed E-state index contributed by atoms with van der Waals surface area (Å²) in [5.41, 5.74) is 0. The highest BCUT2D eigenvalue weighted by atomic mass is 35.5. The third-order valence-corrected chi connectivity index (χ3v) is 4.39. The van der Waals surface area contributed by atoms with Crippen molar-refractivity contribution in [1.82, 2.24) is 5.32 Å². The number of halogens is 2. The summed E-state index contributed by atoms with van der Waals surface area (Å²) in [4.78, 5) is 23.2. The zero-order valence-corrected chi connectivity index (χ0v) is 12.4. The molecule has 2 rings (SSSR count). The number of aliphatic carboxylic acids is 1. The first kappa shape index (κ1) is 15.7. The third-order valence-electron chi connectivity index (χ3n) is 2.73. The maximum Gasteiger partial charge on any atom is 0.328 e. The number of carboxylic acids is 1. The number of thiophene rings is 1. The number of ether oxygens (including phenoxy) is 1. The molecule has 1 aromatic carbocycles. The second-order valence-electron chi connectivity index (χ2n) is 4.21. The van der Waals surface area contributed by atoms with E-state index in [0.29, 0.717) is 10.1 Å². The first-order valence-electron chi connectivity index (χ1n) is 5.84. The molecule has 1 aromatic heterocycles. The van der Waals surface area contributed by atoms with E-state index in [9.17, 15) is 14.0 Å². The van der Waals surface area contributed by atoms with Gasteiger partial charge in [-0.05, 0) is 18.2 Å². The molecule has 1 atom stereocenters. The minimum Gasteiger partial charge on any atom is -0.480 e. The van der Waals surface area contributed by atoms with Crippen LogP contribution in [0.25, 0.3) is 10.1 Å². The lowest BCUT2D eigenvalue weighted by Gasteiger charge is -2.12. The number of methoxy groups -OCH3 is 1. The molecule has 21 heavy (non-hydrogen) atoms. The number of carbonyl (C=O) groups excluding carboxylic acids is 1. The van der Waals surface area contributed by atoms with E-state index in [4.69, 9.17) is 21.4 Å². The zero-order valence-electron chi connectivity index (χ0n) is 10.9. The monoisotopic (exact) mass is 331 g/mol. The third kappa shape index (κ3) is 3.31. The van der Waals surface area contributed by atoms with Crippen molar-refractivity contribution < 1.29 is 23.8 Å². The van der Waals surface area contributed by atoms with Crippen LogP contribution in [0.1, 0.15) is 9.67 Å². The summed E-state index contributed by atoms with van der Waals surface area (Å²) in [5, 5.41) is 12.0. The standard InChI is InChI=1S/C13H11ClFNO4S/c1-20-5-8(13(18)19)16-12(17)11-10(14)7-3-2-6(15)4-9(7)21-11/h2-4,8H,5H2,1H3,(H,16,17)(H,18,19). The Labute approximate surface area is 128 Å². The van der Waals surface area contributed by atoms with E-state index in [1.165, 1.54) is 25.3 Å². The molecule has 0 aliphatic carbocycles. The van der Waals surface area contributed by atoms with E-state index >= 15 is 0 Å². The summed E-state index contributed by atoms with van der Waals surface area (Å²) >= 11 is 7.09. The number of fused-ring (bicyclic) bond motifs is 1. The van der Waals surface area contributed by atoms with Crippen molar-refractivity contribution in [3.05, 3.63) is 33.9 Å².